The van der Waals surface area contributed by atoms with Crippen LogP contribution in [0.25, 0.3) is 0 Å². The van der Waals surface area contributed by atoms with Crippen molar-refractivity contribution in [1.82, 2.24) is 0 Å². The van der Waals surface area contributed by atoms with Crippen molar-refractivity contribution in [3.63, 3.8) is 0 Å². The van der Waals surface area contributed by atoms with Gasteiger partial charge in [0, 0.05) is 18.6 Å². The molecule has 1 unspecified atom stereocenters. The molecule has 0 aromatic carbocycles. The first-order chi connectivity index (χ1) is 8.24. The second-order valence-electron chi connectivity index (χ2n) is 5.68. The van der Waals surface area contributed by atoms with Crippen LogP contribution in [0.2, 0.25) is 0 Å². The minimum absolute atomic E-state index is 0.0197. The molecule has 1 heterocycles. The zero-order valence-corrected chi connectivity index (χ0v) is 12.3. The standard InChI is InChI=1S/C12H25NO4S/c1-10(2)11(3)17-8-12(9-18(13,14)15)4-6-16-7-5-12/h10-11H,4-9H2,1-3H3,(H2,13,14,15). The lowest BCUT2D eigenvalue weighted by Gasteiger charge is -2.37. The van der Waals surface area contributed by atoms with Crippen molar-refractivity contribution < 1.29 is 17.9 Å². The highest BCUT2D eigenvalue weighted by atomic mass is 32.2. The van der Waals surface area contributed by atoms with Crippen LogP contribution < -0.4 is 5.14 Å². The fourth-order valence-corrected chi connectivity index (χ4v) is 3.29. The number of rotatable bonds is 6. The van der Waals surface area contributed by atoms with Crippen molar-refractivity contribution in [2.75, 3.05) is 25.6 Å². The quantitative estimate of drug-likeness (QED) is 0.790. The van der Waals surface area contributed by atoms with E-state index in [-0.39, 0.29) is 17.3 Å². The summed E-state index contributed by atoms with van der Waals surface area (Å²) in [4.78, 5) is 0. The zero-order valence-electron chi connectivity index (χ0n) is 11.5. The van der Waals surface area contributed by atoms with E-state index < -0.39 is 10.0 Å². The molecule has 1 rings (SSSR count). The minimum Gasteiger partial charge on any atom is -0.381 e. The Bertz CT molecular complexity index is 347. The van der Waals surface area contributed by atoms with Gasteiger partial charge in [-0.2, -0.15) is 0 Å². The van der Waals surface area contributed by atoms with E-state index in [2.05, 4.69) is 13.8 Å². The Morgan fingerprint density at radius 3 is 2.28 bits per heavy atom. The molecular weight excluding hydrogens is 254 g/mol. The van der Waals surface area contributed by atoms with Crippen molar-refractivity contribution in [3.05, 3.63) is 0 Å². The summed E-state index contributed by atoms with van der Waals surface area (Å²) in [6.07, 6.45) is 1.49. The Morgan fingerprint density at radius 2 is 1.83 bits per heavy atom. The van der Waals surface area contributed by atoms with Crippen LogP contribution in [0.15, 0.2) is 0 Å². The lowest BCUT2D eigenvalue weighted by atomic mass is 9.83. The maximum atomic E-state index is 11.4. The predicted molar refractivity (Wildman–Crippen MR) is 70.7 cm³/mol. The normalized spacial score (nSPS) is 22.1. The van der Waals surface area contributed by atoms with E-state index in [4.69, 9.17) is 14.6 Å². The van der Waals surface area contributed by atoms with Gasteiger partial charge in [-0.1, -0.05) is 13.8 Å². The Kier molecular flexibility index (Phi) is 5.58. The highest BCUT2D eigenvalue weighted by Gasteiger charge is 2.37. The molecule has 0 spiro atoms. The van der Waals surface area contributed by atoms with Crippen LogP contribution in [-0.4, -0.2) is 40.1 Å². The SMILES string of the molecule is CC(C)C(C)OCC1(CS(N)(=O)=O)CCOCC1. The molecule has 1 saturated heterocycles. The summed E-state index contributed by atoms with van der Waals surface area (Å²) in [5, 5.41) is 5.19. The third kappa shape index (κ3) is 5.22. The molecule has 108 valence electrons. The zero-order chi connectivity index (χ0) is 13.8. The monoisotopic (exact) mass is 279 g/mol. The van der Waals surface area contributed by atoms with E-state index >= 15 is 0 Å². The molecule has 0 aromatic heterocycles. The predicted octanol–water partition coefficient (Wildman–Crippen LogP) is 1.13. The molecule has 0 amide bonds. The first-order valence-corrected chi connectivity index (χ1v) is 8.15. The first-order valence-electron chi connectivity index (χ1n) is 6.44. The number of sulfonamides is 1. The molecule has 0 aromatic rings. The Hall–Kier alpha value is -0.170. The van der Waals surface area contributed by atoms with Gasteiger partial charge in [0.25, 0.3) is 0 Å². The second kappa shape index (κ2) is 6.32. The van der Waals surface area contributed by atoms with Gasteiger partial charge in [-0.05, 0) is 25.7 Å². The van der Waals surface area contributed by atoms with Crippen LogP contribution >= 0.6 is 0 Å². The van der Waals surface area contributed by atoms with Crippen molar-refractivity contribution in [1.29, 1.82) is 0 Å². The van der Waals surface area contributed by atoms with Gasteiger partial charge in [-0.25, -0.2) is 13.6 Å². The van der Waals surface area contributed by atoms with E-state index in [0.717, 1.165) is 0 Å². The fraction of sp³-hybridized carbons (Fsp3) is 1.00. The first kappa shape index (κ1) is 15.9. The Balaban J connectivity index is 2.66. The maximum Gasteiger partial charge on any atom is 0.209 e. The Labute approximate surface area is 110 Å². The summed E-state index contributed by atoms with van der Waals surface area (Å²) in [6.45, 7) is 7.77. The average Bonchev–Trinajstić information content (AvgIpc) is 2.24. The summed E-state index contributed by atoms with van der Waals surface area (Å²) >= 11 is 0. The number of nitrogens with two attached hydrogens (primary N) is 1. The lowest BCUT2D eigenvalue weighted by Crippen LogP contribution is -2.43. The van der Waals surface area contributed by atoms with E-state index in [1.807, 2.05) is 6.92 Å². The third-order valence-corrected chi connectivity index (χ3v) is 4.67. The molecular formula is C12H25NO4S. The molecule has 0 aliphatic carbocycles. The van der Waals surface area contributed by atoms with Crippen LogP contribution in [0.3, 0.4) is 0 Å². The molecule has 1 atom stereocenters. The topological polar surface area (TPSA) is 78.6 Å². The molecule has 1 aliphatic heterocycles. The van der Waals surface area contributed by atoms with Crippen LogP contribution in [0.5, 0.6) is 0 Å². The van der Waals surface area contributed by atoms with Crippen molar-refractivity contribution in [2.45, 2.75) is 39.7 Å². The van der Waals surface area contributed by atoms with Gasteiger partial charge in [-0.3, -0.25) is 0 Å². The fourth-order valence-electron chi connectivity index (χ4n) is 2.06. The number of hydrogen-bond donors (Lipinski definition) is 1. The molecule has 18 heavy (non-hydrogen) atoms. The largest absolute Gasteiger partial charge is 0.381 e. The van der Waals surface area contributed by atoms with Crippen molar-refractivity contribution in [3.8, 4) is 0 Å². The molecule has 1 fully saturated rings. The highest BCUT2D eigenvalue weighted by Crippen LogP contribution is 2.32. The molecule has 1 aliphatic rings. The number of ether oxygens (including phenoxy) is 2. The van der Waals surface area contributed by atoms with Crippen LogP contribution in [-0.2, 0) is 19.5 Å². The number of primary sulfonamides is 1. The van der Waals surface area contributed by atoms with Crippen LogP contribution in [0.1, 0.15) is 33.6 Å². The van der Waals surface area contributed by atoms with Gasteiger partial charge in [0.2, 0.25) is 10.0 Å². The van der Waals surface area contributed by atoms with E-state index in [9.17, 15) is 8.42 Å². The van der Waals surface area contributed by atoms with E-state index in [1.165, 1.54) is 0 Å². The average molecular weight is 279 g/mol. The lowest BCUT2D eigenvalue weighted by molar-refractivity contribution is -0.0590. The smallest absolute Gasteiger partial charge is 0.209 e. The molecule has 2 N–H and O–H groups in total. The summed E-state index contributed by atoms with van der Waals surface area (Å²) in [7, 11) is -3.49. The summed E-state index contributed by atoms with van der Waals surface area (Å²) in [6, 6.07) is 0. The summed E-state index contributed by atoms with van der Waals surface area (Å²) in [5.41, 5.74) is -0.380. The van der Waals surface area contributed by atoms with E-state index in [1.54, 1.807) is 0 Å². The van der Waals surface area contributed by atoms with Gasteiger partial charge in [0.05, 0.1) is 18.5 Å². The second-order valence-corrected chi connectivity index (χ2v) is 7.29. The van der Waals surface area contributed by atoms with Crippen molar-refractivity contribution >= 4 is 10.0 Å². The maximum absolute atomic E-state index is 11.4. The van der Waals surface area contributed by atoms with E-state index in [0.29, 0.717) is 38.6 Å². The minimum atomic E-state index is -3.49. The Morgan fingerprint density at radius 1 is 1.28 bits per heavy atom. The van der Waals surface area contributed by atoms with Gasteiger partial charge in [-0.15, -0.1) is 0 Å². The van der Waals surface area contributed by atoms with Gasteiger partial charge < -0.3 is 9.47 Å². The molecule has 0 radical (unpaired) electrons. The molecule has 0 bridgehead atoms. The van der Waals surface area contributed by atoms with Gasteiger partial charge >= 0.3 is 0 Å². The van der Waals surface area contributed by atoms with Crippen LogP contribution in [0, 0.1) is 11.3 Å². The number of hydrogen-bond acceptors (Lipinski definition) is 4. The summed E-state index contributed by atoms with van der Waals surface area (Å²) < 4.78 is 33.8. The highest BCUT2D eigenvalue weighted by molar-refractivity contribution is 7.89. The third-order valence-electron chi connectivity index (χ3n) is 3.65. The summed E-state index contributed by atoms with van der Waals surface area (Å²) in [5.74, 6) is 0.394. The van der Waals surface area contributed by atoms with Crippen LogP contribution in [0.4, 0.5) is 0 Å². The molecule has 0 saturated carbocycles. The van der Waals surface area contributed by atoms with Crippen molar-refractivity contribution in [2.24, 2.45) is 16.5 Å². The van der Waals surface area contributed by atoms with Gasteiger partial charge in [0.15, 0.2) is 0 Å². The van der Waals surface area contributed by atoms with Gasteiger partial charge in [0.1, 0.15) is 0 Å². The molecule has 5 nitrogen and oxygen atoms in total. The molecule has 6 heteroatoms.